The number of rotatable bonds is 0. The number of pyridine rings is 1. The second-order valence-electron chi connectivity index (χ2n) is 10.2. The van der Waals surface area contributed by atoms with Crippen LogP contribution in [0, 0.1) is 0 Å². The summed E-state index contributed by atoms with van der Waals surface area (Å²) in [4.78, 5) is 18.5. The van der Waals surface area contributed by atoms with Crippen molar-refractivity contribution in [3.63, 3.8) is 0 Å². The number of hydrogen-bond acceptors (Lipinski definition) is 9. The molecule has 2 atom stereocenters. The molecule has 8 heterocycles. The average molecular weight is 502 g/mol. The van der Waals surface area contributed by atoms with E-state index in [-0.39, 0.29) is 18.2 Å². The largest absolute Gasteiger partial charge is 0.490 e. The molecule has 0 aliphatic carbocycles. The lowest BCUT2D eigenvalue weighted by molar-refractivity contribution is 0.101. The maximum absolute atomic E-state index is 10.4. The predicted octanol–water partition coefficient (Wildman–Crippen LogP) is 3.06. The van der Waals surface area contributed by atoms with Gasteiger partial charge in [-0.2, -0.15) is 0 Å². The van der Waals surface area contributed by atoms with Crippen LogP contribution in [0.1, 0.15) is 25.7 Å². The van der Waals surface area contributed by atoms with Gasteiger partial charge >= 0.3 is 0 Å². The van der Waals surface area contributed by atoms with Crippen molar-refractivity contribution in [2.45, 2.75) is 43.9 Å². The molecule has 37 heavy (non-hydrogen) atoms. The topological polar surface area (TPSA) is 98.7 Å². The number of anilines is 3. The number of aliphatic hydroxyl groups excluding tert-OH is 1. The van der Waals surface area contributed by atoms with Gasteiger partial charge in [-0.25, -0.2) is 15.0 Å². The van der Waals surface area contributed by atoms with Crippen molar-refractivity contribution in [2.24, 2.45) is 0 Å². The molecule has 9 nitrogen and oxygen atoms in total. The van der Waals surface area contributed by atoms with Gasteiger partial charge < -0.3 is 30.3 Å². The molecule has 6 aliphatic heterocycles. The van der Waals surface area contributed by atoms with Crippen LogP contribution in [-0.2, 0) is 0 Å². The van der Waals surface area contributed by atoms with Gasteiger partial charge in [0.1, 0.15) is 17.7 Å². The summed E-state index contributed by atoms with van der Waals surface area (Å²) >= 11 is 0. The van der Waals surface area contributed by atoms with E-state index in [4.69, 9.17) is 4.74 Å². The first-order chi connectivity index (χ1) is 18.2. The van der Waals surface area contributed by atoms with Crippen LogP contribution in [0.2, 0.25) is 0 Å². The van der Waals surface area contributed by atoms with E-state index in [0.29, 0.717) is 12.5 Å². The maximum atomic E-state index is 10.4. The Bertz CT molecular complexity index is 1180. The van der Waals surface area contributed by atoms with Crippen molar-refractivity contribution < 1.29 is 9.84 Å². The highest BCUT2D eigenvalue weighted by Crippen LogP contribution is 2.28. The van der Waals surface area contributed by atoms with Gasteiger partial charge in [-0.05, 0) is 62.1 Å². The average Bonchev–Trinajstić information content (AvgIpc) is 3.30. The molecule has 0 saturated carbocycles. The predicted molar refractivity (Wildman–Crippen MR) is 144 cm³/mol. The molecule has 0 radical (unpaired) electrons. The molecule has 3 N–H and O–H groups in total. The minimum absolute atomic E-state index is 0.231. The lowest BCUT2D eigenvalue weighted by atomic mass is 10.1. The van der Waals surface area contributed by atoms with Gasteiger partial charge in [0, 0.05) is 74.7 Å². The zero-order valence-electron chi connectivity index (χ0n) is 21.1. The number of nitrogens with one attached hydrogen (secondary N) is 2. The molecule has 2 aromatic heterocycles. The fraction of sp³-hybridized carbons (Fsp3) is 0.464. The molecule has 0 amide bonds. The van der Waals surface area contributed by atoms with Crippen LogP contribution in [0.5, 0.6) is 5.75 Å². The minimum atomic E-state index is -0.345. The molecule has 194 valence electrons. The number of aromatic nitrogens is 3. The first-order valence-electron chi connectivity index (χ1n) is 13.4. The molecule has 8 bridgehead atoms. The summed E-state index contributed by atoms with van der Waals surface area (Å²) < 4.78 is 6.34. The SMILES string of the molecule is OC1CC2CCNCCN3CCC(CC3)Oc3cccc(c3)Nc3cc(ccn3)-c3cnc(nc3)N2C1. The Morgan fingerprint density at radius 2 is 1.78 bits per heavy atom. The third-order valence-electron chi connectivity index (χ3n) is 7.58. The van der Waals surface area contributed by atoms with Gasteiger partial charge in [0.05, 0.1) is 6.10 Å². The number of piperidine rings is 1. The summed E-state index contributed by atoms with van der Waals surface area (Å²) in [6, 6.07) is 12.3. The summed E-state index contributed by atoms with van der Waals surface area (Å²) in [7, 11) is 0. The standard InChI is InChI=1S/C28H35N7O2/c36-24-16-23-5-8-29-10-13-34-11-6-25(7-12-34)37-26-3-1-2-22(15-26)33-27-14-20(4-9-30-27)21-17-31-28(32-18-21)35(23)19-24/h1-4,9,14-15,17-18,23-25,29,36H,5-8,10-13,16,19H2,(H,30,33). The van der Waals surface area contributed by atoms with Crippen LogP contribution < -0.4 is 20.3 Å². The summed E-state index contributed by atoms with van der Waals surface area (Å²) in [5, 5.41) is 17.4. The van der Waals surface area contributed by atoms with E-state index in [0.717, 1.165) is 86.8 Å². The zero-order chi connectivity index (χ0) is 25.0. The molecule has 2 saturated heterocycles. The van der Waals surface area contributed by atoms with Crippen molar-refractivity contribution in [1.29, 1.82) is 0 Å². The Hall–Kier alpha value is -3.27. The third kappa shape index (κ3) is 5.84. The summed E-state index contributed by atoms with van der Waals surface area (Å²) in [5.41, 5.74) is 2.85. The second kappa shape index (κ2) is 11.0. The molecular weight excluding hydrogens is 466 g/mol. The van der Waals surface area contributed by atoms with E-state index in [1.807, 2.05) is 48.8 Å². The maximum Gasteiger partial charge on any atom is 0.225 e. The van der Waals surface area contributed by atoms with Crippen molar-refractivity contribution in [2.75, 3.05) is 49.5 Å². The van der Waals surface area contributed by atoms with Gasteiger partial charge in [-0.3, -0.25) is 0 Å². The van der Waals surface area contributed by atoms with E-state index in [9.17, 15) is 5.11 Å². The fourth-order valence-corrected chi connectivity index (χ4v) is 5.58. The Kier molecular flexibility index (Phi) is 7.16. The lowest BCUT2D eigenvalue weighted by Crippen LogP contribution is -2.42. The molecule has 0 spiro atoms. The Balaban J connectivity index is 1.25. The van der Waals surface area contributed by atoms with Gasteiger partial charge in [0.2, 0.25) is 5.95 Å². The first kappa shape index (κ1) is 24.1. The highest BCUT2D eigenvalue weighted by molar-refractivity contribution is 5.68. The van der Waals surface area contributed by atoms with E-state index < -0.39 is 0 Å². The number of aliphatic hydroxyl groups is 1. The molecule has 3 aromatic rings. The normalized spacial score (nSPS) is 26.2. The van der Waals surface area contributed by atoms with Crippen molar-refractivity contribution >= 4 is 17.5 Å². The second-order valence-corrected chi connectivity index (χ2v) is 10.2. The molecule has 2 unspecified atom stereocenters. The number of benzene rings is 1. The third-order valence-corrected chi connectivity index (χ3v) is 7.58. The van der Waals surface area contributed by atoms with E-state index in [1.165, 1.54) is 0 Å². The first-order valence-corrected chi connectivity index (χ1v) is 13.4. The Morgan fingerprint density at radius 1 is 0.919 bits per heavy atom. The van der Waals surface area contributed by atoms with Crippen LogP contribution in [0.25, 0.3) is 11.1 Å². The fourth-order valence-electron chi connectivity index (χ4n) is 5.58. The van der Waals surface area contributed by atoms with E-state index in [1.54, 1.807) is 6.20 Å². The molecule has 2 fully saturated rings. The van der Waals surface area contributed by atoms with Crippen LogP contribution in [0.3, 0.4) is 0 Å². The van der Waals surface area contributed by atoms with Gasteiger partial charge in [0.15, 0.2) is 0 Å². The van der Waals surface area contributed by atoms with Crippen molar-refractivity contribution in [3.05, 3.63) is 55.0 Å². The molecule has 1 aromatic carbocycles. The lowest BCUT2D eigenvalue weighted by Gasteiger charge is -2.32. The van der Waals surface area contributed by atoms with Gasteiger partial charge in [-0.15, -0.1) is 0 Å². The van der Waals surface area contributed by atoms with Crippen LogP contribution in [-0.4, -0.2) is 82.5 Å². The van der Waals surface area contributed by atoms with Gasteiger partial charge in [0.25, 0.3) is 0 Å². The highest BCUT2D eigenvalue weighted by Gasteiger charge is 2.32. The summed E-state index contributed by atoms with van der Waals surface area (Å²) in [6.07, 6.45) is 9.18. The Morgan fingerprint density at radius 3 is 2.65 bits per heavy atom. The molecule has 9 heteroatoms. The monoisotopic (exact) mass is 501 g/mol. The van der Waals surface area contributed by atoms with Crippen molar-refractivity contribution in [3.8, 4) is 16.9 Å². The number of hydrogen-bond donors (Lipinski definition) is 3. The minimum Gasteiger partial charge on any atom is -0.490 e. The smallest absolute Gasteiger partial charge is 0.225 e. The number of ether oxygens (including phenoxy) is 1. The van der Waals surface area contributed by atoms with E-state index in [2.05, 4.69) is 35.4 Å². The zero-order valence-corrected chi connectivity index (χ0v) is 21.1. The number of nitrogens with zero attached hydrogens (tertiary/aromatic N) is 5. The summed E-state index contributed by atoms with van der Waals surface area (Å²) in [5.74, 6) is 2.31. The highest BCUT2D eigenvalue weighted by atomic mass is 16.5. The van der Waals surface area contributed by atoms with Gasteiger partial charge in [-0.1, -0.05) is 6.07 Å². The van der Waals surface area contributed by atoms with Crippen LogP contribution >= 0.6 is 0 Å². The van der Waals surface area contributed by atoms with Crippen LogP contribution in [0.15, 0.2) is 55.0 Å². The molecule has 6 aliphatic rings. The Labute approximate surface area is 217 Å². The van der Waals surface area contributed by atoms with Crippen molar-refractivity contribution in [1.82, 2.24) is 25.2 Å². The summed E-state index contributed by atoms with van der Waals surface area (Å²) in [6.45, 7) is 5.59. The molecular formula is C28H35N7O2. The molecule has 9 rings (SSSR count). The van der Waals surface area contributed by atoms with Crippen LogP contribution in [0.4, 0.5) is 17.5 Å². The quantitative estimate of drug-likeness (QED) is 0.429. The van der Waals surface area contributed by atoms with E-state index >= 15 is 0 Å².